The fraction of sp³-hybridized carbons (Fsp3) is 0.333. The van der Waals surface area contributed by atoms with E-state index in [0.717, 1.165) is 0 Å². The van der Waals surface area contributed by atoms with Gasteiger partial charge in [-0.2, -0.15) is 0 Å². The monoisotopic (exact) mass is 253 g/mol. The third kappa shape index (κ3) is 3.44. The van der Waals surface area contributed by atoms with E-state index in [1.807, 2.05) is 0 Å². The van der Waals surface area contributed by atoms with E-state index in [2.05, 4.69) is 5.16 Å². The first-order valence-electron chi connectivity index (χ1n) is 5.44. The summed E-state index contributed by atoms with van der Waals surface area (Å²) in [4.78, 5) is 13.4. The number of oxime groups is 1. The molecule has 98 valence electrons. The maximum absolute atomic E-state index is 13.0. The lowest BCUT2D eigenvalue weighted by molar-refractivity contribution is 0.0746. The number of rotatable bonds is 4. The summed E-state index contributed by atoms with van der Waals surface area (Å²) in [6.45, 7) is 1.76. The molecule has 1 unspecified atom stereocenters. The Morgan fingerprint density at radius 2 is 2.28 bits per heavy atom. The Hall–Kier alpha value is -2.11. The van der Waals surface area contributed by atoms with Crippen molar-refractivity contribution in [2.24, 2.45) is 10.9 Å². The zero-order valence-corrected chi connectivity index (χ0v) is 10.3. The van der Waals surface area contributed by atoms with Gasteiger partial charge in [0.1, 0.15) is 11.7 Å². The molecule has 3 N–H and O–H groups in total. The average Bonchev–Trinajstić information content (AvgIpc) is 2.36. The van der Waals surface area contributed by atoms with E-state index in [4.69, 9.17) is 10.9 Å². The molecule has 0 aliphatic heterocycles. The predicted octanol–water partition coefficient (Wildman–Crippen LogP) is 1.42. The molecule has 0 saturated carbocycles. The van der Waals surface area contributed by atoms with Gasteiger partial charge in [-0.15, -0.1) is 0 Å². The van der Waals surface area contributed by atoms with Crippen LogP contribution in [0.25, 0.3) is 0 Å². The molecular weight excluding hydrogens is 237 g/mol. The van der Waals surface area contributed by atoms with Gasteiger partial charge < -0.3 is 15.8 Å². The van der Waals surface area contributed by atoms with E-state index in [0.29, 0.717) is 0 Å². The normalized spacial score (nSPS) is 13.2. The average molecular weight is 253 g/mol. The largest absolute Gasteiger partial charge is 0.409 e. The number of hydrogen-bond acceptors (Lipinski definition) is 3. The van der Waals surface area contributed by atoms with Crippen molar-refractivity contribution in [2.45, 2.75) is 19.4 Å². The summed E-state index contributed by atoms with van der Waals surface area (Å²) in [5.41, 5.74) is 5.64. The first kappa shape index (κ1) is 14.0. The molecule has 0 aromatic heterocycles. The summed E-state index contributed by atoms with van der Waals surface area (Å²) in [6, 6.07) is 5.21. The maximum atomic E-state index is 13.0. The number of halogens is 1. The molecule has 1 aromatic carbocycles. The molecule has 0 aliphatic carbocycles. The summed E-state index contributed by atoms with van der Waals surface area (Å²) in [5.74, 6) is -0.729. The molecule has 0 saturated heterocycles. The summed E-state index contributed by atoms with van der Waals surface area (Å²) in [6.07, 6.45) is 0.244. The molecule has 18 heavy (non-hydrogen) atoms. The third-order valence-corrected chi connectivity index (χ3v) is 2.69. The third-order valence-electron chi connectivity index (χ3n) is 2.69. The fourth-order valence-corrected chi connectivity index (χ4v) is 1.51. The van der Waals surface area contributed by atoms with Gasteiger partial charge in [0.05, 0.1) is 0 Å². The van der Waals surface area contributed by atoms with Crippen molar-refractivity contribution in [1.82, 2.24) is 4.90 Å². The lowest BCUT2D eigenvalue weighted by Gasteiger charge is -2.24. The zero-order valence-electron chi connectivity index (χ0n) is 10.3. The molecule has 0 radical (unpaired) electrons. The van der Waals surface area contributed by atoms with Crippen LogP contribution in [0, 0.1) is 5.82 Å². The van der Waals surface area contributed by atoms with Crippen molar-refractivity contribution in [1.29, 1.82) is 0 Å². The van der Waals surface area contributed by atoms with Crippen LogP contribution in [-0.4, -0.2) is 34.9 Å². The Labute approximate surface area is 105 Å². The molecular formula is C12H16FN3O2. The van der Waals surface area contributed by atoms with Crippen LogP contribution in [0.3, 0.4) is 0 Å². The second kappa shape index (κ2) is 6.00. The summed E-state index contributed by atoms with van der Waals surface area (Å²) < 4.78 is 13.0. The molecule has 0 fully saturated rings. The number of amidine groups is 1. The van der Waals surface area contributed by atoms with Gasteiger partial charge in [-0.1, -0.05) is 11.2 Å². The fourth-order valence-electron chi connectivity index (χ4n) is 1.51. The minimum absolute atomic E-state index is 0.0430. The summed E-state index contributed by atoms with van der Waals surface area (Å²) in [7, 11) is 1.59. The summed E-state index contributed by atoms with van der Waals surface area (Å²) >= 11 is 0. The highest BCUT2D eigenvalue weighted by atomic mass is 19.1. The Kier molecular flexibility index (Phi) is 4.65. The summed E-state index contributed by atoms with van der Waals surface area (Å²) in [5, 5.41) is 11.3. The molecule has 0 spiro atoms. The van der Waals surface area contributed by atoms with Gasteiger partial charge >= 0.3 is 0 Å². The highest BCUT2D eigenvalue weighted by Gasteiger charge is 2.18. The van der Waals surface area contributed by atoms with Gasteiger partial charge in [-0.25, -0.2) is 4.39 Å². The van der Waals surface area contributed by atoms with Gasteiger partial charge in [0.2, 0.25) is 0 Å². The Balaban J connectivity index is 2.78. The molecule has 1 amide bonds. The number of nitrogens with two attached hydrogens (primary N) is 1. The number of benzene rings is 1. The SMILES string of the molecule is CC(CC(N)=NO)N(C)C(=O)c1cccc(F)c1. The minimum atomic E-state index is -0.460. The number of amides is 1. The van der Waals surface area contributed by atoms with Crippen LogP contribution < -0.4 is 5.73 Å². The molecule has 0 bridgehead atoms. The van der Waals surface area contributed by atoms with Gasteiger partial charge in [0.15, 0.2) is 0 Å². The molecule has 5 nitrogen and oxygen atoms in total. The highest BCUT2D eigenvalue weighted by molar-refractivity contribution is 5.94. The lowest BCUT2D eigenvalue weighted by Crippen LogP contribution is -2.37. The van der Waals surface area contributed by atoms with Crippen LogP contribution in [0.2, 0.25) is 0 Å². The Morgan fingerprint density at radius 1 is 1.61 bits per heavy atom. The van der Waals surface area contributed by atoms with Crippen molar-refractivity contribution in [2.75, 3.05) is 7.05 Å². The van der Waals surface area contributed by atoms with E-state index in [1.54, 1.807) is 14.0 Å². The quantitative estimate of drug-likeness (QED) is 0.368. The van der Waals surface area contributed by atoms with E-state index in [1.165, 1.54) is 29.2 Å². The van der Waals surface area contributed by atoms with Crippen LogP contribution in [-0.2, 0) is 0 Å². The Bertz CT molecular complexity index is 462. The van der Waals surface area contributed by atoms with Crippen LogP contribution >= 0.6 is 0 Å². The zero-order chi connectivity index (χ0) is 13.7. The standard InChI is InChI=1S/C12H16FN3O2/c1-8(6-11(14)15-18)16(2)12(17)9-4-3-5-10(13)7-9/h3-5,7-8,18H,6H2,1-2H3,(H2,14,15). The van der Waals surface area contributed by atoms with Gasteiger partial charge in [-0.05, 0) is 25.1 Å². The number of nitrogens with zero attached hydrogens (tertiary/aromatic N) is 2. The van der Waals surface area contributed by atoms with Crippen molar-refractivity contribution >= 4 is 11.7 Å². The lowest BCUT2D eigenvalue weighted by atomic mass is 10.1. The van der Waals surface area contributed by atoms with Gasteiger partial charge in [-0.3, -0.25) is 4.79 Å². The smallest absolute Gasteiger partial charge is 0.253 e. The highest BCUT2D eigenvalue weighted by Crippen LogP contribution is 2.10. The van der Waals surface area contributed by atoms with Crippen molar-refractivity contribution in [3.63, 3.8) is 0 Å². The van der Waals surface area contributed by atoms with Crippen molar-refractivity contribution in [3.8, 4) is 0 Å². The predicted molar refractivity (Wildman–Crippen MR) is 66.0 cm³/mol. The van der Waals surface area contributed by atoms with Crippen LogP contribution in [0.1, 0.15) is 23.7 Å². The number of carbonyl (C=O) groups is 1. The van der Waals surface area contributed by atoms with Gasteiger partial charge in [0, 0.05) is 25.1 Å². The first-order valence-corrected chi connectivity index (χ1v) is 5.44. The molecule has 1 aromatic rings. The number of carbonyl (C=O) groups excluding carboxylic acids is 1. The second-order valence-electron chi connectivity index (χ2n) is 4.07. The van der Waals surface area contributed by atoms with Crippen molar-refractivity contribution in [3.05, 3.63) is 35.6 Å². The first-order chi connectivity index (χ1) is 8.45. The van der Waals surface area contributed by atoms with E-state index in [-0.39, 0.29) is 29.8 Å². The van der Waals surface area contributed by atoms with Crippen LogP contribution in [0.4, 0.5) is 4.39 Å². The van der Waals surface area contributed by atoms with E-state index >= 15 is 0 Å². The molecule has 1 rings (SSSR count). The maximum Gasteiger partial charge on any atom is 0.253 e. The van der Waals surface area contributed by atoms with Crippen LogP contribution in [0.15, 0.2) is 29.4 Å². The van der Waals surface area contributed by atoms with E-state index in [9.17, 15) is 9.18 Å². The minimum Gasteiger partial charge on any atom is -0.409 e. The molecule has 6 heteroatoms. The number of hydrogen-bond donors (Lipinski definition) is 2. The topological polar surface area (TPSA) is 78.9 Å². The van der Waals surface area contributed by atoms with Gasteiger partial charge in [0.25, 0.3) is 5.91 Å². The second-order valence-corrected chi connectivity index (χ2v) is 4.07. The molecule has 0 aliphatic rings. The van der Waals surface area contributed by atoms with Crippen molar-refractivity contribution < 1.29 is 14.4 Å². The van der Waals surface area contributed by atoms with E-state index < -0.39 is 5.82 Å². The Morgan fingerprint density at radius 3 is 2.83 bits per heavy atom. The molecule has 1 atom stereocenters. The van der Waals surface area contributed by atoms with Crippen LogP contribution in [0.5, 0.6) is 0 Å². The molecule has 0 heterocycles.